The van der Waals surface area contributed by atoms with E-state index in [2.05, 4.69) is 49.5 Å². The lowest BCUT2D eigenvalue weighted by Gasteiger charge is -2.37. The van der Waals surface area contributed by atoms with E-state index in [0.29, 0.717) is 6.04 Å². The Bertz CT molecular complexity index is 309. The lowest BCUT2D eigenvalue weighted by Crippen LogP contribution is -2.14. The summed E-state index contributed by atoms with van der Waals surface area (Å²) in [5, 5.41) is 2.11. The zero-order valence-electron chi connectivity index (χ0n) is 9.12. The highest BCUT2D eigenvalue weighted by atomic mass is 15.5. The number of aryl methyl sites for hydroxylation is 2. The van der Waals surface area contributed by atoms with Gasteiger partial charge >= 0.3 is 0 Å². The van der Waals surface area contributed by atoms with Crippen molar-refractivity contribution in [1.29, 1.82) is 0 Å². The van der Waals surface area contributed by atoms with Gasteiger partial charge in [-0.15, -0.1) is 5.69 Å². The molecule has 1 aromatic carbocycles. The molecule has 0 unspecified atom stereocenters. The summed E-state index contributed by atoms with van der Waals surface area (Å²) >= 11 is 0. The molecule has 0 heterocycles. The van der Waals surface area contributed by atoms with Gasteiger partial charge in [0.25, 0.3) is 0 Å². The van der Waals surface area contributed by atoms with Crippen LogP contribution in [0.3, 0.4) is 0 Å². The van der Waals surface area contributed by atoms with E-state index in [0.717, 1.165) is 5.69 Å². The first-order chi connectivity index (χ1) is 6.68. The third kappa shape index (κ3) is 1.90. The van der Waals surface area contributed by atoms with Crippen LogP contribution in [0.4, 0.5) is 5.69 Å². The predicted molar refractivity (Wildman–Crippen MR) is 59.7 cm³/mol. The van der Waals surface area contributed by atoms with Crippen molar-refractivity contribution in [1.82, 2.24) is 5.01 Å². The van der Waals surface area contributed by atoms with Crippen LogP contribution in [0.25, 0.3) is 5.43 Å². The van der Waals surface area contributed by atoms with Gasteiger partial charge in [-0.25, -0.2) is 0 Å². The Morgan fingerprint density at radius 1 is 1.21 bits per heavy atom. The Labute approximate surface area is 85.9 Å². The third-order valence-electron chi connectivity index (χ3n) is 2.77. The largest absolute Gasteiger partial charge is 0.619 e. The Morgan fingerprint density at radius 3 is 2.29 bits per heavy atom. The quantitative estimate of drug-likeness (QED) is 0.667. The Hall–Kier alpha value is -1.02. The van der Waals surface area contributed by atoms with Crippen LogP contribution in [0.1, 0.15) is 24.0 Å². The molecule has 1 aliphatic carbocycles. The van der Waals surface area contributed by atoms with E-state index >= 15 is 0 Å². The molecule has 1 aliphatic rings. The molecule has 2 heteroatoms. The van der Waals surface area contributed by atoms with Crippen molar-refractivity contribution >= 4 is 5.69 Å². The van der Waals surface area contributed by atoms with Crippen LogP contribution < -0.4 is 0 Å². The van der Waals surface area contributed by atoms with Crippen LogP contribution in [0.5, 0.6) is 0 Å². The summed E-state index contributed by atoms with van der Waals surface area (Å²) in [5.74, 6) is 0. The van der Waals surface area contributed by atoms with Crippen molar-refractivity contribution in [3.63, 3.8) is 0 Å². The molecular formula is C12H17N2-. The molecule has 2 nitrogen and oxygen atoms in total. The second-order valence-corrected chi connectivity index (χ2v) is 4.15. The number of nitrogens with zero attached hydrogens (tertiary/aromatic N) is 2. The second-order valence-electron chi connectivity index (χ2n) is 4.15. The Balaban J connectivity index is 2.14. The van der Waals surface area contributed by atoms with Crippen LogP contribution in [0, 0.1) is 13.8 Å². The SMILES string of the molecule is Cc1cccc(C)c1[N-]N(C)C1CC1. The van der Waals surface area contributed by atoms with Gasteiger partial charge in [0, 0.05) is 0 Å². The van der Waals surface area contributed by atoms with Gasteiger partial charge in [-0.2, -0.15) is 0 Å². The fourth-order valence-corrected chi connectivity index (χ4v) is 1.65. The molecular weight excluding hydrogens is 172 g/mol. The molecule has 0 saturated heterocycles. The summed E-state index contributed by atoms with van der Waals surface area (Å²) in [7, 11) is 2.07. The smallest absolute Gasteiger partial charge is 0.00469 e. The zero-order valence-corrected chi connectivity index (χ0v) is 9.12. The maximum absolute atomic E-state index is 4.65. The molecule has 1 fully saturated rings. The van der Waals surface area contributed by atoms with E-state index in [4.69, 9.17) is 0 Å². The molecule has 0 aliphatic heterocycles. The summed E-state index contributed by atoms with van der Waals surface area (Å²) in [4.78, 5) is 0. The number of hydrogen-bond donors (Lipinski definition) is 0. The van der Waals surface area contributed by atoms with Crippen LogP contribution in [0.15, 0.2) is 18.2 Å². The van der Waals surface area contributed by atoms with Gasteiger partial charge in [-0.05, 0) is 39.8 Å². The van der Waals surface area contributed by atoms with Crippen molar-refractivity contribution in [2.45, 2.75) is 32.7 Å². The van der Waals surface area contributed by atoms with E-state index in [-0.39, 0.29) is 0 Å². The van der Waals surface area contributed by atoms with Gasteiger partial charge in [-0.1, -0.05) is 29.3 Å². The van der Waals surface area contributed by atoms with Crippen molar-refractivity contribution in [2.24, 2.45) is 0 Å². The van der Waals surface area contributed by atoms with Gasteiger partial charge in [0.15, 0.2) is 0 Å². The molecule has 1 saturated carbocycles. The maximum Gasteiger partial charge on any atom is -0.00469 e. The van der Waals surface area contributed by atoms with Crippen LogP contribution in [-0.2, 0) is 0 Å². The summed E-state index contributed by atoms with van der Waals surface area (Å²) in [6.45, 7) is 4.24. The molecule has 76 valence electrons. The first-order valence-electron chi connectivity index (χ1n) is 5.19. The number of benzene rings is 1. The second kappa shape index (κ2) is 3.62. The molecule has 0 N–H and O–H groups in total. The topological polar surface area (TPSA) is 17.3 Å². The van der Waals surface area contributed by atoms with Crippen molar-refractivity contribution in [2.75, 3.05) is 7.05 Å². The van der Waals surface area contributed by atoms with E-state index in [1.165, 1.54) is 24.0 Å². The molecule has 14 heavy (non-hydrogen) atoms. The first kappa shape index (κ1) is 9.53. The monoisotopic (exact) mass is 189 g/mol. The highest BCUT2D eigenvalue weighted by Crippen LogP contribution is 2.35. The highest BCUT2D eigenvalue weighted by Gasteiger charge is 2.21. The van der Waals surface area contributed by atoms with E-state index in [9.17, 15) is 0 Å². The lowest BCUT2D eigenvalue weighted by atomic mass is 10.1. The standard InChI is InChI=1S/C12H17N2/c1-9-5-4-6-10(2)12(9)13-14(3)11-7-8-11/h4-6,11H,7-8H2,1-3H3/q-1. The lowest BCUT2D eigenvalue weighted by molar-refractivity contribution is 0.424. The number of hydrogen-bond acceptors (Lipinski definition) is 1. The summed E-state index contributed by atoms with van der Waals surface area (Å²) in [5.41, 5.74) is 8.32. The molecule has 0 spiro atoms. The molecule has 0 aromatic heterocycles. The number of rotatable bonds is 3. The normalized spacial score (nSPS) is 16.0. The highest BCUT2D eigenvalue weighted by molar-refractivity contribution is 5.59. The Kier molecular flexibility index (Phi) is 2.46. The van der Waals surface area contributed by atoms with Crippen LogP contribution in [-0.4, -0.2) is 18.1 Å². The Morgan fingerprint density at radius 2 is 1.79 bits per heavy atom. The van der Waals surface area contributed by atoms with E-state index < -0.39 is 0 Å². The van der Waals surface area contributed by atoms with E-state index in [1.54, 1.807) is 0 Å². The van der Waals surface area contributed by atoms with Crippen LogP contribution >= 0.6 is 0 Å². The minimum absolute atomic E-state index is 0.689. The van der Waals surface area contributed by atoms with Crippen molar-refractivity contribution in [3.8, 4) is 0 Å². The fourth-order valence-electron chi connectivity index (χ4n) is 1.65. The molecule has 2 rings (SSSR count). The van der Waals surface area contributed by atoms with E-state index in [1.807, 2.05) is 0 Å². The summed E-state index contributed by atoms with van der Waals surface area (Å²) < 4.78 is 0. The van der Waals surface area contributed by atoms with Crippen molar-refractivity contribution in [3.05, 3.63) is 34.8 Å². The van der Waals surface area contributed by atoms with Gasteiger partial charge in [0.1, 0.15) is 0 Å². The third-order valence-corrected chi connectivity index (χ3v) is 2.77. The molecule has 0 atom stereocenters. The maximum atomic E-state index is 4.65. The minimum atomic E-state index is 0.689. The van der Waals surface area contributed by atoms with Crippen molar-refractivity contribution < 1.29 is 0 Å². The summed E-state index contributed by atoms with van der Waals surface area (Å²) in [6.07, 6.45) is 2.59. The van der Waals surface area contributed by atoms with Gasteiger partial charge < -0.3 is 10.4 Å². The minimum Gasteiger partial charge on any atom is -0.619 e. The average molecular weight is 189 g/mol. The molecule has 0 bridgehead atoms. The molecule has 0 radical (unpaired) electrons. The summed E-state index contributed by atoms with van der Waals surface area (Å²) in [6, 6.07) is 7.01. The first-order valence-corrected chi connectivity index (χ1v) is 5.19. The average Bonchev–Trinajstić information content (AvgIpc) is 2.94. The van der Waals surface area contributed by atoms with Crippen LogP contribution in [0.2, 0.25) is 0 Å². The van der Waals surface area contributed by atoms with Gasteiger partial charge in [0.05, 0.1) is 0 Å². The van der Waals surface area contributed by atoms with Gasteiger partial charge in [-0.3, -0.25) is 0 Å². The zero-order chi connectivity index (χ0) is 10.1. The van der Waals surface area contributed by atoms with Gasteiger partial charge in [0.2, 0.25) is 0 Å². The molecule has 1 aromatic rings. The fraction of sp³-hybridized carbons (Fsp3) is 0.500. The predicted octanol–water partition coefficient (Wildman–Crippen LogP) is 3.32. The molecule has 0 amide bonds.